The van der Waals surface area contributed by atoms with Crippen molar-refractivity contribution >= 4 is 50.9 Å². The highest BCUT2D eigenvalue weighted by Crippen LogP contribution is 2.34. The van der Waals surface area contributed by atoms with E-state index in [-0.39, 0.29) is 0 Å². The van der Waals surface area contributed by atoms with Gasteiger partial charge in [0.25, 0.3) is 0 Å². The first kappa shape index (κ1) is 14.3. The number of benzene rings is 2. The fourth-order valence-electron chi connectivity index (χ4n) is 2.36. The molecule has 0 saturated carbocycles. The van der Waals surface area contributed by atoms with Gasteiger partial charge in [-0.3, -0.25) is 0 Å². The maximum Gasteiger partial charge on any atom is 0.119 e. The Kier molecular flexibility index (Phi) is 4.08. The third kappa shape index (κ3) is 2.74. The van der Waals surface area contributed by atoms with Crippen LogP contribution in [0.25, 0.3) is 21.8 Å². The Labute approximate surface area is 132 Å². The molecule has 0 fully saturated rings. The topological polar surface area (TPSA) is 34.1 Å². The molecule has 0 aliphatic carbocycles. The molecular weight excluding hydrogens is 304 g/mol. The highest BCUT2D eigenvalue weighted by atomic mass is 35.5. The molecule has 0 spiro atoms. The molecule has 0 aliphatic heterocycles. The van der Waals surface area contributed by atoms with E-state index in [0.29, 0.717) is 5.02 Å². The molecule has 5 heteroatoms. The van der Waals surface area contributed by atoms with Gasteiger partial charge in [-0.15, -0.1) is 11.8 Å². The van der Waals surface area contributed by atoms with E-state index in [0.717, 1.165) is 39.1 Å². The normalized spacial score (nSPS) is 11.0. The Morgan fingerprint density at radius 1 is 1.14 bits per heavy atom. The van der Waals surface area contributed by atoms with Crippen molar-refractivity contribution in [1.29, 1.82) is 0 Å². The van der Waals surface area contributed by atoms with Crippen molar-refractivity contribution in [2.24, 2.45) is 0 Å². The molecule has 3 rings (SSSR count). The van der Waals surface area contributed by atoms with Gasteiger partial charge in [-0.25, -0.2) is 4.98 Å². The number of fused-ring (bicyclic) bond motifs is 2. The third-order valence-electron chi connectivity index (χ3n) is 3.34. The highest BCUT2D eigenvalue weighted by Gasteiger charge is 2.10. The number of hydrogen-bond donors (Lipinski definition) is 1. The van der Waals surface area contributed by atoms with E-state index >= 15 is 0 Å². The van der Waals surface area contributed by atoms with Crippen molar-refractivity contribution in [3.05, 3.63) is 41.4 Å². The summed E-state index contributed by atoms with van der Waals surface area (Å²) in [5, 5.41) is 6.29. The van der Waals surface area contributed by atoms with Crippen molar-refractivity contribution in [3.63, 3.8) is 0 Å². The second kappa shape index (κ2) is 6.00. The number of ether oxygens (including phenoxy) is 1. The van der Waals surface area contributed by atoms with E-state index in [2.05, 4.69) is 11.6 Å². The molecule has 1 N–H and O–H groups in total. The third-order valence-corrected chi connectivity index (χ3v) is 4.00. The standard InChI is InChI=1S/C16H15ClN2OS/c1-20-11-4-6-14-13(8-11)16(18-9-21-2)12-5-3-10(17)7-15(12)19-14/h3-8H,9H2,1-2H3,(H,18,19). The first-order valence-corrected chi connectivity index (χ1v) is 8.30. The fraction of sp³-hybridized carbons (Fsp3) is 0.188. The number of thioether (sulfide) groups is 1. The highest BCUT2D eigenvalue weighted by molar-refractivity contribution is 7.98. The van der Waals surface area contributed by atoms with Crippen molar-refractivity contribution in [2.75, 3.05) is 24.6 Å². The van der Waals surface area contributed by atoms with Crippen LogP contribution >= 0.6 is 23.4 Å². The zero-order valence-corrected chi connectivity index (χ0v) is 13.4. The van der Waals surface area contributed by atoms with Crippen LogP contribution in [0, 0.1) is 0 Å². The van der Waals surface area contributed by atoms with Gasteiger partial charge in [0.2, 0.25) is 0 Å². The lowest BCUT2D eigenvalue weighted by Crippen LogP contribution is -2.00. The lowest BCUT2D eigenvalue weighted by Gasteiger charge is -2.13. The lowest BCUT2D eigenvalue weighted by atomic mass is 10.1. The largest absolute Gasteiger partial charge is 0.497 e. The summed E-state index contributed by atoms with van der Waals surface area (Å²) < 4.78 is 5.33. The molecule has 1 heterocycles. The summed E-state index contributed by atoms with van der Waals surface area (Å²) in [4.78, 5) is 4.70. The molecular formula is C16H15ClN2OS. The Morgan fingerprint density at radius 2 is 2.00 bits per heavy atom. The lowest BCUT2D eigenvalue weighted by molar-refractivity contribution is 0.415. The van der Waals surface area contributed by atoms with Crippen molar-refractivity contribution in [2.45, 2.75) is 0 Å². The van der Waals surface area contributed by atoms with Crippen LogP contribution in [-0.2, 0) is 0 Å². The minimum absolute atomic E-state index is 0.693. The van der Waals surface area contributed by atoms with Crippen molar-refractivity contribution in [1.82, 2.24) is 4.98 Å². The number of halogens is 1. The molecule has 0 radical (unpaired) electrons. The summed E-state index contributed by atoms with van der Waals surface area (Å²) in [6.45, 7) is 0. The van der Waals surface area contributed by atoms with E-state index in [9.17, 15) is 0 Å². The average Bonchev–Trinajstić information content (AvgIpc) is 2.50. The summed E-state index contributed by atoms with van der Waals surface area (Å²) in [7, 11) is 1.67. The van der Waals surface area contributed by atoms with Crippen molar-refractivity contribution in [3.8, 4) is 5.75 Å². The van der Waals surface area contributed by atoms with E-state index in [1.165, 1.54) is 0 Å². The molecule has 3 nitrogen and oxygen atoms in total. The second-order valence-electron chi connectivity index (χ2n) is 4.64. The minimum Gasteiger partial charge on any atom is -0.497 e. The minimum atomic E-state index is 0.693. The van der Waals surface area contributed by atoms with E-state index in [1.807, 2.05) is 36.4 Å². The van der Waals surface area contributed by atoms with Gasteiger partial charge in [-0.1, -0.05) is 11.6 Å². The second-order valence-corrected chi connectivity index (χ2v) is 5.94. The number of hydrogen-bond acceptors (Lipinski definition) is 4. The first-order chi connectivity index (χ1) is 10.2. The Balaban J connectivity index is 2.33. The van der Waals surface area contributed by atoms with E-state index < -0.39 is 0 Å². The Morgan fingerprint density at radius 3 is 2.76 bits per heavy atom. The van der Waals surface area contributed by atoms with Gasteiger partial charge in [-0.05, 0) is 42.7 Å². The van der Waals surface area contributed by atoms with Crippen LogP contribution in [0.15, 0.2) is 36.4 Å². The van der Waals surface area contributed by atoms with Gasteiger partial charge >= 0.3 is 0 Å². The molecule has 0 amide bonds. The zero-order valence-electron chi connectivity index (χ0n) is 11.8. The number of pyridine rings is 1. The summed E-state index contributed by atoms with van der Waals surface area (Å²) in [5.74, 6) is 1.65. The summed E-state index contributed by atoms with van der Waals surface area (Å²) in [5.41, 5.74) is 2.89. The molecule has 2 aromatic carbocycles. The van der Waals surface area contributed by atoms with Crippen LogP contribution in [0.1, 0.15) is 0 Å². The van der Waals surface area contributed by atoms with Crippen LogP contribution in [-0.4, -0.2) is 24.2 Å². The smallest absolute Gasteiger partial charge is 0.119 e. The van der Waals surface area contributed by atoms with Crippen LogP contribution in [0.3, 0.4) is 0 Å². The van der Waals surface area contributed by atoms with Crippen molar-refractivity contribution < 1.29 is 4.74 Å². The predicted molar refractivity (Wildman–Crippen MR) is 92.8 cm³/mol. The van der Waals surface area contributed by atoms with Crippen LogP contribution in [0.4, 0.5) is 5.69 Å². The summed E-state index contributed by atoms with van der Waals surface area (Å²) >= 11 is 7.83. The van der Waals surface area contributed by atoms with Crippen LogP contribution in [0.2, 0.25) is 5.02 Å². The number of nitrogens with zero attached hydrogens (tertiary/aromatic N) is 1. The average molecular weight is 319 g/mol. The monoisotopic (exact) mass is 318 g/mol. The van der Waals surface area contributed by atoms with Gasteiger partial charge in [0, 0.05) is 15.8 Å². The molecule has 0 unspecified atom stereocenters. The molecule has 0 saturated heterocycles. The van der Waals surface area contributed by atoms with Gasteiger partial charge in [-0.2, -0.15) is 0 Å². The fourth-order valence-corrected chi connectivity index (χ4v) is 2.81. The van der Waals surface area contributed by atoms with E-state index in [4.69, 9.17) is 21.3 Å². The zero-order chi connectivity index (χ0) is 14.8. The van der Waals surface area contributed by atoms with Gasteiger partial charge in [0.05, 0.1) is 29.7 Å². The molecule has 0 atom stereocenters. The van der Waals surface area contributed by atoms with Crippen LogP contribution in [0.5, 0.6) is 5.75 Å². The number of nitrogens with one attached hydrogen (secondary N) is 1. The Bertz CT molecular complexity index is 807. The summed E-state index contributed by atoms with van der Waals surface area (Å²) in [6, 6.07) is 11.7. The van der Waals surface area contributed by atoms with Gasteiger partial charge < -0.3 is 10.1 Å². The van der Waals surface area contributed by atoms with Gasteiger partial charge in [0.15, 0.2) is 0 Å². The number of anilines is 1. The first-order valence-electron chi connectivity index (χ1n) is 6.53. The predicted octanol–water partition coefficient (Wildman–Crippen LogP) is 4.78. The molecule has 1 aromatic heterocycles. The maximum absolute atomic E-state index is 6.09. The molecule has 0 aliphatic rings. The molecule has 108 valence electrons. The van der Waals surface area contributed by atoms with Gasteiger partial charge in [0.1, 0.15) is 5.75 Å². The molecule has 0 bridgehead atoms. The molecule has 21 heavy (non-hydrogen) atoms. The van der Waals surface area contributed by atoms with Crippen LogP contribution < -0.4 is 10.1 Å². The maximum atomic E-state index is 6.09. The number of methoxy groups -OCH3 is 1. The Hall–Kier alpha value is -1.65. The number of rotatable bonds is 4. The van der Waals surface area contributed by atoms with E-state index in [1.54, 1.807) is 18.9 Å². The quantitative estimate of drug-likeness (QED) is 0.554. The number of aromatic nitrogens is 1. The summed E-state index contributed by atoms with van der Waals surface area (Å²) in [6.07, 6.45) is 2.07. The molecule has 3 aromatic rings. The SMILES string of the molecule is COc1ccc2nc3cc(Cl)ccc3c(NCSC)c2c1.